The third-order valence-electron chi connectivity index (χ3n) is 6.21. The van der Waals surface area contributed by atoms with E-state index < -0.39 is 0 Å². The van der Waals surface area contributed by atoms with Gasteiger partial charge in [0.2, 0.25) is 0 Å². The molecule has 0 atom stereocenters. The van der Waals surface area contributed by atoms with Crippen molar-refractivity contribution in [2.75, 3.05) is 0 Å². The standard InChI is InChI=1S/C28H42O/c1-7-9-14-21-27(3,4)24-19-16-20-25(29-23-17-12-11-13-18-23)26(24)28(5,6)22-15-10-8-2/h11-13,16-20H,7-10,14-15,21-22H2,1-6H3. The van der Waals surface area contributed by atoms with Gasteiger partial charge in [-0.05, 0) is 47.4 Å². The average Bonchev–Trinajstić information content (AvgIpc) is 2.69. The molecule has 0 amide bonds. The SMILES string of the molecule is CCCCCC(C)(C)c1cccc(Oc2ccccc2)c1C(C)(C)CCCCC. The van der Waals surface area contributed by atoms with Crippen molar-refractivity contribution in [1.82, 2.24) is 0 Å². The molecule has 2 rings (SSSR count). The number of ether oxygens (including phenoxy) is 1. The zero-order valence-corrected chi connectivity index (χ0v) is 19.7. The van der Waals surface area contributed by atoms with Crippen LogP contribution in [-0.2, 0) is 10.8 Å². The maximum atomic E-state index is 6.46. The highest BCUT2D eigenvalue weighted by Crippen LogP contribution is 2.45. The van der Waals surface area contributed by atoms with E-state index in [1.807, 2.05) is 30.3 Å². The predicted molar refractivity (Wildman–Crippen MR) is 127 cm³/mol. The minimum Gasteiger partial charge on any atom is -0.457 e. The van der Waals surface area contributed by atoms with Crippen LogP contribution in [0.15, 0.2) is 48.5 Å². The Morgan fingerprint density at radius 3 is 1.83 bits per heavy atom. The predicted octanol–water partition coefficient (Wildman–Crippen LogP) is 9.19. The second kappa shape index (κ2) is 10.9. The monoisotopic (exact) mass is 394 g/mol. The molecule has 0 unspecified atom stereocenters. The van der Waals surface area contributed by atoms with Crippen LogP contribution in [-0.4, -0.2) is 0 Å². The van der Waals surface area contributed by atoms with Gasteiger partial charge in [-0.25, -0.2) is 0 Å². The van der Waals surface area contributed by atoms with Crippen molar-refractivity contribution in [2.45, 2.75) is 104 Å². The van der Waals surface area contributed by atoms with Gasteiger partial charge in [-0.15, -0.1) is 0 Å². The summed E-state index contributed by atoms with van der Waals surface area (Å²) in [4.78, 5) is 0. The van der Waals surface area contributed by atoms with Gasteiger partial charge in [-0.2, -0.15) is 0 Å². The van der Waals surface area contributed by atoms with Crippen LogP contribution in [0.2, 0.25) is 0 Å². The summed E-state index contributed by atoms with van der Waals surface area (Å²) in [5.74, 6) is 1.94. The molecular formula is C28H42O. The fourth-order valence-electron chi connectivity index (χ4n) is 4.39. The van der Waals surface area contributed by atoms with E-state index in [0.29, 0.717) is 0 Å². The molecule has 0 aromatic heterocycles. The maximum absolute atomic E-state index is 6.46. The molecule has 2 aromatic carbocycles. The van der Waals surface area contributed by atoms with E-state index in [4.69, 9.17) is 4.74 Å². The topological polar surface area (TPSA) is 9.23 Å². The molecular weight excluding hydrogens is 352 g/mol. The summed E-state index contributed by atoms with van der Waals surface area (Å²) in [6.45, 7) is 14.2. The summed E-state index contributed by atoms with van der Waals surface area (Å²) in [5, 5.41) is 0. The lowest BCUT2D eigenvalue weighted by Crippen LogP contribution is -2.27. The fraction of sp³-hybridized carbons (Fsp3) is 0.571. The number of para-hydroxylation sites is 1. The number of benzene rings is 2. The van der Waals surface area contributed by atoms with E-state index >= 15 is 0 Å². The Labute approximate surface area is 179 Å². The molecule has 0 N–H and O–H groups in total. The van der Waals surface area contributed by atoms with Gasteiger partial charge >= 0.3 is 0 Å². The van der Waals surface area contributed by atoms with Gasteiger partial charge in [-0.1, -0.05) is 110 Å². The van der Waals surface area contributed by atoms with Gasteiger partial charge < -0.3 is 4.74 Å². The molecule has 0 aliphatic heterocycles. The van der Waals surface area contributed by atoms with Gasteiger partial charge in [0.15, 0.2) is 0 Å². The number of hydrogen-bond acceptors (Lipinski definition) is 1. The molecule has 0 saturated carbocycles. The highest BCUT2D eigenvalue weighted by Gasteiger charge is 2.33. The number of rotatable bonds is 12. The van der Waals surface area contributed by atoms with Crippen LogP contribution in [0.1, 0.15) is 104 Å². The van der Waals surface area contributed by atoms with Crippen LogP contribution in [0.5, 0.6) is 11.5 Å². The molecule has 29 heavy (non-hydrogen) atoms. The van der Waals surface area contributed by atoms with Crippen molar-refractivity contribution in [3.05, 3.63) is 59.7 Å². The first-order valence-corrected chi connectivity index (χ1v) is 11.7. The third kappa shape index (κ3) is 6.63. The molecule has 1 heteroatoms. The molecule has 0 aliphatic carbocycles. The highest BCUT2D eigenvalue weighted by atomic mass is 16.5. The van der Waals surface area contributed by atoms with Gasteiger partial charge in [0, 0.05) is 5.56 Å². The van der Waals surface area contributed by atoms with Crippen LogP contribution in [0.25, 0.3) is 0 Å². The van der Waals surface area contributed by atoms with E-state index in [-0.39, 0.29) is 10.8 Å². The van der Waals surface area contributed by atoms with Crippen molar-refractivity contribution >= 4 is 0 Å². The highest BCUT2D eigenvalue weighted by molar-refractivity contribution is 5.50. The van der Waals surface area contributed by atoms with Crippen molar-refractivity contribution < 1.29 is 4.74 Å². The first-order chi connectivity index (χ1) is 13.8. The molecule has 0 heterocycles. The van der Waals surface area contributed by atoms with E-state index in [9.17, 15) is 0 Å². The Morgan fingerprint density at radius 2 is 1.24 bits per heavy atom. The van der Waals surface area contributed by atoms with E-state index in [1.165, 1.54) is 62.5 Å². The Kier molecular flexibility index (Phi) is 8.80. The summed E-state index contributed by atoms with van der Waals surface area (Å²) in [6.07, 6.45) is 10.1. The third-order valence-corrected chi connectivity index (χ3v) is 6.21. The van der Waals surface area contributed by atoms with Crippen LogP contribution in [0.3, 0.4) is 0 Å². The Hall–Kier alpha value is -1.76. The molecule has 2 aromatic rings. The van der Waals surface area contributed by atoms with Crippen LogP contribution in [0, 0.1) is 0 Å². The van der Waals surface area contributed by atoms with Crippen LogP contribution >= 0.6 is 0 Å². The number of unbranched alkanes of at least 4 members (excludes halogenated alkanes) is 4. The van der Waals surface area contributed by atoms with Crippen molar-refractivity contribution in [3.63, 3.8) is 0 Å². The molecule has 1 nitrogen and oxygen atoms in total. The Balaban J connectivity index is 2.47. The summed E-state index contributed by atoms with van der Waals surface area (Å²) < 4.78 is 6.46. The van der Waals surface area contributed by atoms with E-state index in [2.05, 4.69) is 59.7 Å². The minimum absolute atomic E-state index is 0.0813. The normalized spacial score (nSPS) is 12.2. The lowest BCUT2D eigenvalue weighted by Gasteiger charge is -2.36. The maximum Gasteiger partial charge on any atom is 0.131 e. The number of hydrogen-bond donors (Lipinski definition) is 0. The molecule has 0 fully saturated rings. The lowest BCUT2D eigenvalue weighted by atomic mass is 9.69. The second-order valence-corrected chi connectivity index (χ2v) is 9.78. The molecule has 0 spiro atoms. The molecule has 0 saturated heterocycles. The summed E-state index contributed by atoms with van der Waals surface area (Å²) in [6, 6.07) is 16.9. The summed E-state index contributed by atoms with van der Waals surface area (Å²) in [7, 11) is 0. The molecule has 0 bridgehead atoms. The van der Waals surface area contributed by atoms with Crippen LogP contribution in [0.4, 0.5) is 0 Å². The molecule has 0 aliphatic rings. The first kappa shape index (κ1) is 23.5. The van der Waals surface area contributed by atoms with E-state index in [1.54, 1.807) is 0 Å². The Morgan fingerprint density at radius 1 is 0.655 bits per heavy atom. The second-order valence-electron chi connectivity index (χ2n) is 9.78. The smallest absolute Gasteiger partial charge is 0.131 e. The van der Waals surface area contributed by atoms with Gasteiger partial charge in [0.25, 0.3) is 0 Å². The summed E-state index contributed by atoms with van der Waals surface area (Å²) in [5.41, 5.74) is 3.09. The zero-order valence-electron chi connectivity index (χ0n) is 19.7. The molecule has 0 radical (unpaired) electrons. The fourth-order valence-corrected chi connectivity index (χ4v) is 4.39. The van der Waals surface area contributed by atoms with Gasteiger partial charge in [0.1, 0.15) is 11.5 Å². The van der Waals surface area contributed by atoms with E-state index in [0.717, 1.165) is 11.5 Å². The zero-order chi connectivity index (χ0) is 21.3. The van der Waals surface area contributed by atoms with Crippen molar-refractivity contribution in [1.29, 1.82) is 0 Å². The lowest BCUT2D eigenvalue weighted by molar-refractivity contribution is 0.387. The van der Waals surface area contributed by atoms with Crippen molar-refractivity contribution in [2.24, 2.45) is 0 Å². The quantitative estimate of drug-likeness (QED) is 0.326. The summed E-state index contributed by atoms with van der Waals surface area (Å²) >= 11 is 0. The van der Waals surface area contributed by atoms with Crippen LogP contribution < -0.4 is 4.74 Å². The largest absolute Gasteiger partial charge is 0.457 e. The van der Waals surface area contributed by atoms with Gasteiger partial charge in [-0.3, -0.25) is 0 Å². The first-order valence-electron chi connectivity index (χ1n) is 11.7. The molecule has 160 valence electrons. The van der Waals surface area contributed by atoms with Gasteiger partial charge in [0.05, 0.1) is 0 Å². The minimum atomic E-state index is 0.0813. The Bertz CT molecular complexity index is 727. The van der Waals surface area contributed by atoms with Crippen molar-refractivity contribution in [3.8, 4) is 11.5 Å². The average molecular weight is 395 g/mol.